The molecule has 2 amide bonds. The number of methoxy groups -OCH3 is 2. The van der Waals surface area contributed by atoms with E-state index in [0.29, 0.717) is 23.7 Å². The fourth-order valence-electron chi connectivity index (χ4n) is 3.90. The first-order chi connectivity index (χ1) is 17.6. The van der Waals surface area contributed by atoms with Crippen LogP contribution in [0.4, 0.5) is 5.69 Å². The topological polar surface area (TPSA) is 105 Å². The highest BCUT2D eigenvalue weighted by atomic mass is 32.2. The molecule has 37 heavy (non-hydrogen) atoms. The fraction of sp³-hybridized carbons (Fsp3) is 0.481. The maximum absolute atomic E-state index is 13.4. The van der Waals surface area contributed by atoms with E-state index in [4.69, 9.17) is 9.47 Å². The Bertz CT molecular complexity index is 1140. The Kier molecular flexibility index (Phi) is 11.7. The van der Waals surface area contributed by atoms with E-state index in [0.717, 1.165) is 24.7 Å². The number of hydrogen-bond acceptors (Lipinski definition) is 6. The standard InChI is InChI=1S/C27H39N3O6S/c1-6-7-17-28-27(32)21(2)29(20-22-12-10-13-23(19-22)35-3)26(31)16-11-18-30(37(5,33)34)24-14-8-9-15-25(24)36-4/h8-10,12-15,19,21H,6-7,11,16-18,20H2,1-5H3,(H,28,32). The van der Waals surface area contributed by atoms with Gasteiger partial charge in [-0.05, 0) is 49.6 Å². The van der Waals surface area contributed by atoms with Crippen LogP contribution >= 0.6 is 0 Å². The molecule has 204 valence electrons. The third-order valence-corrected chi connectivity index (χ3v) is 7.17. The van der Waals surface area contributed by atoms with Crippen molar-refractivity contribution in [3.63, 3.8) is 0 Å². The van der Waals surface area contributed by atoms with Gasteiger partial charge in [0.25, 0.3) is 0 Å². The van der Waals surface area contributed by atoms with Gasteiger partial charge in [-0.25, -0.2) is 8.42 Å². The molecule has 0 fully saturated rings. The number of benzene rings is 2. The number of amides is 2. The van der Waals surface area contributed by atoms with Crippen LogP contribution in [0.3, 0.4) is 0 Å². The Morgan fingerprint density at radius 3 is 2.41 bits per heavy atom. The largest absolute Gasteiger partial charge is 0.497 e. The van der Waals surface area contributed by atoms with Gasteiger partial charge in [-0.1, -0.05) is 37.6 Å². The molecule has 1 atom stereocenters. The van der Waals surface area contributed by atoms with Gasteiger partial charge >= 0.3 is 0 Å². The van der Waals surface area contributed by atoms with Crippen LogP contribution in [-0.2, 0) is 26.2 Å². The van der Waals surface area contributed by atoms with Crippen molar-refractivity contribution in [2.75, 3.05) is 37.9 Å². The maximum atomic E-state index is 13.4. The van der Waals surface area contributed by atoms with Crippen molar-refractivity contribution in [1.82, 2.24) is 10.2 Å². The lowest BCUT2D eigenvalue weighted by Gasteiger charge is -2.29. The average molecular weight is 534 g/mol. The first kappa shape index (κ1) is 30.0. The van der Waals surface area contributed by atoms with Gasteiger partial charge in [0.1, 0.15) is 17.5 Å². The summed E-state index contributed by atoms with van der Waals surface area (Å²) in [6.45, 7) is 4.61. The normalized spacial score (nSPS) is 11.9. The second-order valence-electron chi connectivity index (χ2n) is 8.80. The van der Waals surface area contributed by atoms with Crippen molar-refractivity contribution in [3.05, 3.63) is 54.1 Å². The summed E-state index contributed by atoms with van der Waals surface area (Å²) in [5.74, 6) is 0.618. The molecule has 2 aromatic carbocycles. The summed E-state index contributed by atoms with van der Waals surface area (Å²) in [7, 11) is -0.568. The summed E-state index contributed by atoms with van der Waals surface area (Å²) in [6, 6.07) is 13.5. The lowest BCUT2D eigenvalue weighted by Crippen LogP contribution is -2.48. The molecule has 0 aliphatic carbocycles. The molecular formula is C27H39N3O6S. The Labute approximate surface area is 220 Å². The first-order valence-corrected chi connectivity index (χ1v) is 14.3. The number of hydrogen-bond donors (Lipinski definition) is 1. The minimum Gasteiger partial charge on any atom is -0.497 e. The highest BCUT2D eigenvalue weighted by molar-refractivity contribution is 7.92. The molecule has 0 bridgehead atoms. The summed E-state index contributed by atoms with van der Waals surface area (Å²) in [5.41, 5.74) is 1.24. The van der Waals surface area contributed by atoms with Crippen LogP contribution in [-0.4, -0.2) is 64.7 Å². The minimum atomic E-state index is -3.62. The van der Waals surface area contributed by atoms with E-state index in [9.17, 15) is 18.0 Å². The number of para-hydroxylation sites is 2. The van der Waals surface area contributed by atoms with E-state index < -0.39 is 16.1 Å². The first-order valence-electron chi connectivity index (χ1n) is 12.4. The average Bonchev–Trinajstić information content (AvgIpc) is 2.88. The van der Waals surface area contributed by atoms with Gasteiger partial charge in [0.2, 0.25) is 21.8 Å². The molecule has 2 rings (SSSR count). The third kappa shape index (κ3) is 8.96. The number of unbranched alkanes of at least 4 members (excludes halogenated alkanes) is 1. The maximum Gasteiger partial charge on any atom is 0.242 e. The van der Waals surface area contributed by atoms with E-state index in [1.54, 1.807) is 38.3 Å². The number of nitrogens with one attached hydrogen (secondary N) is 1. The molecule has 2 aromatic rings. The number of sulfonamides is 1. The SMILES string of the molecule is CCCCNC(=O)C(C)N(Cc1cccc(OC)c1)C(=O)CCCN(c1ccccc1OC)S(C)(=O)=O. The predicted octanol–water partition coefficient (Wildman–Crippen LogP) is 3.58. The molecule has 1 unspecified atom stereocenters. The highest BCUT2D eigenvalue weighted by Gasteiger charge is 2.27. The fourth-order valence-corrected chi connectivity index (χ4v) is 4.87. The van der Waals surface area contributed by atoms with Crippen LogP contribution in [0.25, 0.3) is 0 Å². The van der Waals surface area contributed by atoms with E-state index in [1.165, 1.54) is 16.3 Å². The second kappa shape index (κ2) is 14.5. The molecule has 0 saturated heterocycles. The van der Waals surface area contributed by atoms with Gasteiger partial charge in [0, 0.05) is 26.1 Å². The van der Waals surface area contributed by atoms with E-state index >= 15 is 0 Å². The quantitative estimate of drug-likeness (QED) is 0.351. The summed E-state index contributed by atoms with van der Waals surface area (Å²) >= 11 is 0. The van der Waals surface area contributed by atoms with Gasteiger partial charge in [0.05, 0.1) is 26.2 Å². The second-order valence-corrected chi connectivity index (χ2v) is 10.7. The van der Waals surface area contributed by atoms with Gasteiger partial charge in [-0.2, -0.15) is 0 Å². The monoisotopic (exact) mass is 533 g/mol. The molecule has 1 N–H and O–H groups in total. The van der Waals surface area contributed by atoms with Gasteiger partial charge in [-0.3, -0.25) is 13.9 Å². The van der Waals surface area contributed by atoms with Crippen LogP contribution in [0.2, 0.25) is 0 Å². The number of nitrogens with zero attached hydrogens (tertiary/aromatic N) is 2. The van der Waals surface area contributed by atoms with Crippen molar-refractivity contribution in [1.29, 1.82) is 0 Å². The van der Waals surface area contributed by atoms with Crippen molar-refractivity contribution in [3.8, 4) is 11.5 Å². The summed E-state index contributed by atoms with van der Waals surface area (Å²) in [4.78, 5) is 27.7. The number of anilines is 1. The molecule has 0 radical (unpaired) electrons. The number of carbonyl (C=O) groups is 2. The predicted molar refractivity (Wildman–Crippen MR) is 145 cm³/mol. The van der Waals surface area contributed by atoms with Crippen LogP contribution in [0.1, 0.15) is 45.1 Å². The number of carbonyl (C=O) groups excluding carboxylic acids is 2. The zero-order chi connectivity index (χ0) is 27.4. The van der Waals surface area contributed by atoms with E-state index in [2.05, 4.69) is 5.32 Å². The smallest absolute Gasteiger partial charge is 0.242 e. The van der Waals surface area contributed by atoms with Crippen LogP contribution in [0.15, 0.2) is 48.5 Å². The Morgan fingerprint density at radius 1 is 1.03 bits per heavy atom. The van der Waals surface area contributed by atoms with Crippen LogP contribution in [0.5, 0.6) is 11.5 Å². The number of ether oxygens (including phenoxy) is 2. The molecule has 0 aliphatic heterocycles. The summed E-state index contributed by atoms with van der Waals surface area (Å²) < 4.78 is 37.0. The molecule has 10 heteroatoms. The van der Waals surface area contributed by atoms with Gasteiger partial charge < -0.3 is 19.7 Å². The summed E-state index contributed by atoms with van der Waals surface area (Å²) in [5, 5.41) is 2.90. The molecule has 9 nitrogen and oxygen atoms in total. The van der Waals surface area contributed by atoms with Crippen LogP contribution < -0.4 is 19.1 Å². The van der Waals surface area contributed by atoms with Crippen molar-refractivity contribution in [2.24, 2.45) is 0 Å². The lowest BCUT2D eigenvalue weighted by molar-refractivity contribution is -0.140. The van der Waals surface area contributed by atoms with Crippen LogP contribution in [0, 0.1) is 0 Å². The molecule has 0 saturated carbocycles. The molecule has 0 aromatic heterocycles. The van der Waals surface area contributed by atoms with Gasteiger partial charge in [0.15, 0.2) is 0 Å². The lowest BCUT2D eigenvalue weighted by atomic mass is 10.1. The Hall–Kier alpha value is -3.27. The zero-order valence-electron chi connectivity index (χ0n) is 22.4. The number of rotatable bonds is 15. The van der Waals surface area contributed by atoms with Crippen molar-refractivity contribution >= 4 is 27.5 Å². The van der Waals surface area contributed by atoms with E-state index in [-0.39, 0.29) is 37.7 Å². The molecule has 0 spiro atoms. The van der Waals surface area contributed by atoms with Crippen molar-refractivity contribution in [2.45, 2.75) is 52.1 Å². The molecule has 0 heterocycles. The molecular weight excluding hydrogens is 494 g/mol. The summed E-state index contributed by atoms with van der Waals surface area (Å²) in [6.07, 6.45) is 3.26. The third-order valence-electron chi connectivity index (χ3n) is 5.99. The zero-order valence-corrected chi connectivity index (χ0v) is 23.2. The Balaban J connectivity index is 2.19. The Morgan fingerprint density at radius 2 is 1.76 bits per heavy atom. The van der Waals surface area contributed by atoms with E-state index in [1.807, 2.05) is 31.2 Å². The van der Waals surface area contributed by atoms with Crippen molar-refractivity contribution < 1.29 is 27.5 Å². The highest BCUT2D eigenvalue weighted by Crippen LogP contribution is 2.29. The van der Waals surface area contributed by atoms with Gasteiger partial charge in [-0.15, -0.1) is 0 Å². The minimum absolute atomic E-state index is 0.0672. The molecule has 0 aliphatic rings.